The quantitative estimate of drug-likeness (QED) is 0.909. The summed E-state index contributed by atoms with van der Waals surface area (Å²) < 4.78 is 30.0. The Kier molecular flexibility index (Phi) is 3.10. The Morgan fingerprint density at radius 2 is 1.81 bits per heavy atom. The second kappa shape index (κ2) is 4.82. The van der Waals surface area contributed by atoms with Gasteiger partial charge in [-0.3, -0.25) is 0 Å². The average molecular weight is 304 g/mol. The van der Waals surface area contributed by atoms with Crippen LogP contribution >= 0.6 is 0 Å². The highest BCUT2D eigenvalue weighted by Gasteiger charge is 2.30. The first-order valence-electron chi connectivity index (χ1n) is 6.18. The second-order valence-electron chi connectivity index (χ2n) is 4.59. The molecule has 0 amide bonds. The van der Waals surface area contributed by atoms with Gasteiger partial charge in [0.1, 0.15) is 12.4 Å². The van der Waals surface area contributed by atoms with Gasteiger partial charge in [0.15, 0.2) is 11.5 Å². The van der Waals surface area contributed by atoms with Crippen LogP contribution in [0.2, 0.25) is 0 Å². The second-order valence-corrected chi connectivity index (χ2v) is 6.56. The molecule has 0 radical (unpaired) electrons. The van der Waals surface area contributed by atoms with E-state index in [-0.39, 0.29) is 33.7 Å². The first kappa shape index (κ1) is 13.5. The van der Waals surface area contributed by atoms with E-state index >= 15 is 0 Å². The van der Waals surface area contributed by atoms with E-state index in [0.29, 0.717) is 5.56 Å². The maximum absolute atomic E-state index is 12.3. The van der Waals surface area contributed by atoms with Gasteiger partial charge in [-0.1, -0.05) is 12.1 Å². The number of rotatable bonds is 3. The van der Waals surface area contributed by atoms with Crippen molar-refractivity contribution in [3.63, 3.8) is 0 Å². The van der Waals surface area contributed by atoms with Crippen molar-refractivity contribution in [2.24, 2.45) is 0 Å². The van der Waals surface area contributed by atoms with Gasteiger partial charge in [0.25, 0.3) is 0 Å². The number of phenolic OH excluding ortho intramolecular Hbond substituents is 2. The lowest BCUT2D eigenvalue weighted by Gasteiger charge is -2.08. The zero-order valence-corrected chi connectivity index (χ0v) is 11.7. The molecule has 0 saturated heterocycles. The Labute approximate surface area is 121 Å². The third kappa shape index (κ3) is 2.34. The molecule has 5 nitrogen and oxygen atoms in total. The molecule has 6 heteroatoms. The van der Waals surface area contributed by atoms with Crippen LogP contribution in [0.3, 0.4) is 0 Å². The van der Waals surface area contributed by atoms with Crippen molar-refractivity contribution in [3.05, 3.63) is 52.9 Å². The van der Waals surface area contributed by atoms with Gasteiger partial charge in [-0.2, -0.15) is 0 Å². The predicted molar refractivity (Wildman–Crippen MR) is 76.9 cm³/mol. The minimum atomic E-state index is -3.60. The van der Waals surface area contributed by atoms with Crippen molar-refractivity contribution in [2.45, 2.75) is 4.90 Å². The van der Waals surface area contributed by atoms with E-state index in [4.69, 9.17) is 4.74 Å². The van der Waals surface area contributed by atoms with Crippen molar-refractivity contribution in [2.75, 3.05) is 6.61 Å². The van der Waals surface area contributed by atoms with Crippen LogP contribution in [0.4, 0.5) is 0 Å². The number of sulfone groups is 1. The maximum atomic E-state index is 12.3. The van der Waals surface area contributed by atoms with Crippen LogP contribution in [0.5, 0.6) is 17.2 Å². The lowest BCUT2D eigenvalue weighted by atomic mass is 10.2. The first-order valence-corrected chi connectivity index (χ1v) is 7.66. The smallest absolute Gasteiger partial charge is 0.206 e. The molecule has 108 valence electrons. The predicted octanol–water partition coefficient (Wildman–Crippen LogP) is 2.31. The number of ether oxygens (including phenoxy) is 1. The summed E-state index contributed by atoms with van der Waals surface area (Å²) in [5, 5.41) is 19.0. The summed E-state index contributed by atoms with van der Waals surface area (Å²) in [6, 6.07) is 10.4. The molecule has 0 bridgehead atoms. The Hall–Kier alpha value is -2.47. The van der Waals surface area contributed by atoms with Gasteiger partial charge in [0.05, 0.1) is 9.80 Å². The van der Waals surface area contributed by atoms with E-state index in [1.807, 2.05) is 0 Å². The summed E-state index contributed by atoms with van der Waals surface area (Å²) in [4.78, 5) is 0.238. The highest BCUT2D eigenvalue weighted by Crippen LogP contribution is 2.35. The van der Waals surface area contributed by atoms with E-state index in [1.165, 1.54) is 30.3 Å². The van der Waals surface area contributed by atoms with Gasteiger partial charge in [0.2, 0.25) is 9.84 Å². The monoisotopic (exact) mass is 304 g/mol. The topological polar surface area (TPSA) is 83.8 Å². The van der Waals surface area contributed by atoms with E-state index in [9.17, 15) is 18.6 Å². The van der Waals surface area contributed by atoms with E-state index < -0.39 is 9.84 Å². The highest BCUT2D eigenvalue weighted by molar-refractivity contribution is 7.95. The molecule has 1 aliphatic rings. The minimum absolute atomic E-state index is 0.00284. The van der Waals surface area contributed by atoms with Crippen LogP contribution in [0.15, 0.2) is 52.3 Å². The lowest BCUT2D eigenvalue weighted by Crippen LogP contribution is -2.09. The molecule has 3 rings (SSSR count). The molecule has 1 aliphatic heterocycles. The number of para-hydroxylation sites is 2. The summed E-state index contributed by atoms with van der Waals surface area (Å²) in [6.07, 6.45) is 1.46. The summed E-state index contributed by atoms with van der Waals surface area (Å²) in [7, 11) is -3.60. The molecule has 2 aromatic carbocycles. The molecular formula is C15H12O5S. The van der Waals surface area contributed by atoms with E-state index in [1.54, 1.807) is 18.2 Å². The first-order chi connectivity index (χ1) is 9.98. The van der Waals surface area contributed by atoms with Crippen LogP contribution in [0.1, 0.15) is 5.56 Å². The molecule has 0 saturated carbocycles. The molecular weight excluding hydrogens is 292 g/mol. The van der Waals surface area contributed by atoms with Gasteiger partial charge in [-0.15, -0.1) is 0 Å². The number of hydrogen-bond donors (Lipinski definition) is 2. The third-order valence-electron chi connectivity index (χ3n) is 3.18. The maximum Gasteiger partial charge on any atom is 0.206 e. The van der Waals surface area contributed by atoms with Crippen molar-refractivity contribution >= 4 is 15.9 Å². The molecule has 0 atom stereocenters. The number of phenols is 2. The molecule has 0 fully saturated rings. The van der Waals surface area contributed by atoms with Crippen molar-refractivity contribution in [1.29, 1.82) is 0 Å². The Morgan fingerprint density at radius 1 is 1.05 bits per heavy atom. The van der Waals surface area contributed by atoms with E-state index in [0.717, 1.165) is 0 Å². The molecule has 0 spiro atoms. The largest absolute Gasteiger partial charge is 0.508 e. The summed E-state index contributed by atoms with van der Waals surface area (Å²) in [5.41, 5.74) is 0.436. The summed E-state index contributed by atoms with van der Waals surface area (Å²) in [5.74, 6) is 0.166. The van der Waals surface area contributed by atoms with Crippen molar-refractivity contribution in [1.82, 2.24) is 0 Å². The van der Waals surface area contributed by atoms with Crippen LogP contribution < -0.4 is 4.74 Å². The molecule has 1 heterocycles. The molecule has 21 heavy (non-hydrogen) atoms. The van der Waals surface area contributed by atoms with Crippen molar-refractivity contribution < 1.29 is 23.4 Å². The van der Waals surface area contributed by atoms with E-state index in [2.05, 4.69) is 0 Å². The van der Waals surface area contributed by atoms with Crippen molar-refractivity contribution in [3.8, 4) is 17.2 Å². The van der Waals surface area contributed by atoms with Crippen LogP contribution in [-0.4, -0.2) is 25.2 Å². The fourth-order valence-corrected chi connectivity index (χ4v) is 3.59. The molecule has 0 unspecified atom stereocenters. The van der Waals surface area contributed by atoms with Gasteiger partial charge in [-0.05, 0) is 42.0 Å². The molecule has 2 aromatic rings. The highest BCUT2D eigenvalue weighted by atomic mass is 32.2. The average Bonchev–Trinajstić information content (AvgIpc) is 2.68. The molecule has 0 aromatic heterocycles. The van der Waals surface area contributed by atoms with Crippen LogP contribution in [0.25, 0.3) is 6.08 Å². The number of aromatic hydroxyl groups is 2. The SMILES string of the molecule is O=S1(=O)C(COc2ccccc2O)=Cc2cc(O)ccc21. The summed E-state index contributed by atoms with van der Waals surface area (Å²) >= 11 is 0. The Bertz CT molecular complexity index is 837. The van der Waals surface area contributed by atoms with Crippen LogP contribution in [-0.2, 0) is 9.84 Å². The van der Waals surface area contributed by atoms with Gasteiger partial charge < -0.3 is 14.9 Å². The normalized spacial score (nSPS) is 15.3. The standard InChI is InChI=1S/C15H12O5S/c16-11-5-6-15-10(7-11)8-12(21(15,18)19)9-20-14-4-2-1-3-13(14)17/h1-8,16-17H,9H2. The summed E-state index contributed by atoms with van der Waals surface area (Å²) in [6.45, 7) is -0.185. The number of hydrogen-bond acceptors (Lipinski definition) is 5. The molecule has 2 N–H and O–H groups in total. The van der Waals surface area contributed by atoms with Gasteiger partial charge in [-0.25, -0.2) is 8.42 Å². The van der Waals surface area contributed by atoms with Gasteiger partial charge >= 0.3 is 0 Å². The minimum Gasteiger partial charge on any atom is -0.508 e. The number of fused-ring (bicyclic) bond motifs is 1. The third-order valence-corrected chi connectivity index (χ3v) is 5.06. The Morgan fingerprint density at radius 3 is 2.57 bits per heavy atom. The van der Waals surface area contributed by atoms with Gasteiger partial charge in [0, 0.05) is 0 Å². The lowest BCUT2D eigenvalue weighted by molar-refractivity contribution is 0.333. The fourth-order valence-electron chi connectivity index (χ4n) is 2.13. The Balaban J connectivity index is 1.88. The zero-order chi connectivity index (χ0) is 15.0. The fraction of sp³-hybridized carbons (Fsp3) is 0.0667. The molecule has 0 aliphatic carbocycles. The van der Waals surface area contributed by atoms with Crippen LogP contribution in [0, 0.1) is 0 Å². The zero-order valence-electron chi connectivity index (χ0n) is 10.9. The number of benzene rings is 2.